The van der Waals surface area contributed by atoms with Gasteiger partial charge in [-0.15, -0.1) is 0 Å². The maximum Gasteiger partial charge on any atom is 0.321 e. The van der Waals surface area contributed by atoms with Gasteiger partial charge in [0, 0.05) is 61.9 Å². The Morgan fingerprint density at radius 1 is 0.980 bits per heavy atom. The highest BCUT2D eigenvalue weighted by atomic mass is 19.1. The summed E-state index contributed by atoms with van der Waals surface area (Å²) in [5, 5.41) is 4.09. The molecule has 3 N–H and O–H groups in total. The van der Waals surface area contributed by atoms with E-state index in [1.165, 1.54) is 41.4 Å². The molecular weight excluding hydrogens is 645 g/mol. The van der Waals surface area contributed by atoms with Gasteiger partial charge in [-0.2, -0.15) is 0 Å². The minimum Gasteiger partial charge on any atom is -0.494 e. The van der Waals surface area contributed by atoms with Crippen LogP contribution in [0.15, 0.2) is 60.7 Å². The van der Waals surface area contributed by atoms with E-state index >= 15 is 0 Å². The number of para-hydroxylation sites is 1. The zero-order chi connectivity index (χ0) is 35.0. The second-order valence-corrected chi connectivity index (χ2v) is 15.0. The number of nitrogens with zero attached hydrogens (tertiary/aromatic N) is 5. The molecule has 2 unspecified atom stereocenters. The molecule has 10 nitrogen and oxygen atoms in total. The molecule has 2 aliphatic carbocycles. The Labute approximate surface area is 296 Å². The zero-order valence-electron chi connectivity index (χ0n) is 29.1. The quantitative estimate of drug-likeness (QED) is 0.197. The van der Waals surface area contributed by atoms with Crippen molar-refractivity contribution in [1.29, 1.82) is 0 Å². The number of carbonyl (C=O) groups is 2. The van der Waals surface area contributed by atoms with Crippen molar-refractivity contribution < 1.29 is 18.7 Å². The monoisotopic (exact) mass is 689 g/mol. The van der Waals surface area contributed by atoms with Crippen LogP contribution in [0.1, 0.15) is 60.4 Å². The molecule has 4 aliphatic rings. The van der Waals surface area contributed by atoms with Gasteiger partial charge in [-0.25, -0.2) is 14.2 Å². The summed E-state index contributed by atoms with van der Waals surface area (Å²) in [6.07, 6.45) is 6.18. The van der Waals surface area contributed by atoms with Crippen molar-refractivity contribution in [2.24, 2.45) is 24.6 Å². The van der Waals surface area contributed by atoms with Crippen LogP contribution in [-0.4, -0.2) is 74.7 Å². The minimum absolute atomic E-state index is 0.00322. The molecule has 11 heteroatoms. The summed E-state index contributed by atoms with van der Waals surface area (Å²) in [6.45, 7) is 2.90. The predicted molar refractivity (Wildman–Crippen MR) is 195 cm³/mol. The zero-order valence-corrected chi connectivity index (χ0v) is 29.1. The number of rotatable bonds is 7. The number of urea groups is 1. The molecule has 0 radical (unpaired) electrons. The van der Waals surface area contributed by atoms with E-state index in [0.29, 0.717) is 54.4 Å². The van der Waals surface area contributed by atoms with Crippen LogP contribution in [0.2, 0.25) is 0 Å². The van der Waals surface area contributed by atoms with Crippen LogP contribution in [-0.2, 0) is 13.6 Å². The molecule has 4 fully saturated rings. The van der Waals surface area contributed by atoms with Crippen molar-refractivity contribution in [3.05, 3.63) is 77.6 Å². The van der Waals surface area contributed by atoms with E-state index in [1.54, 1.807) is 19.2 Å². The van der Waals surface area contributed by atoms with Gasteiger partial charge >= 0.3 is 6.03 Å². The summed E-state index contributed by atoms with van der Waals surface area (Å²) >= 11 is 0. The number of amides is 3. The number of methoxy groups -OCH3 is 1. The third-order valence-corrected chi connectivity index (χ3v) is 12.0. The number of fused-ring (bicyclic) bond motifs is 4. The van der Waals surface area contributed by atoms with E-state index in [0.717, 1.165) is 54.8 Å². The first-order valence-corrected chi connectivity index (χ1v) is 18.3. The molecule has 3 atom stereocenters. The van der Waals surface area contributed by atoms with Gasteiger partial charge in [0.1, 0.15) is 17.1 Å². The molecule has 51 heavy (non-hydrogen) atoms. The number of nitrogens with one attached hydrogen (secondary N) is 1. The van der Waals surface area contributed by atoms with Gasteiger partial charge in [0.05, 0.1) is 23.8 Å². The summed E-state index contributed by atoms with van der Waals surface area (Å²) < 4.78 is 23.8. The van der Waals surface area contributed by atoms with Crippen molar-refractivity contribution in [3.8, 4) is 17.3 Å². The average Bonchev–Trinajstić information content (AvgIpc) is 3.53. The fraction of sp³-hybridized carbons (Fsp3) is 0.425. The number of ether oxygens (including phenoxy) is 1. The SMILES string of the molecule is COc1cc(C(=O)N2CC3CCC2[C@@H]3N)cc2nc(-c3cc4cccc(C5CCN(C(=O)Nc6ccc(F)cc6)CC5)c4n3CC3CC3)n(C)c12. The Morgan fingerprint density at radius 3 is 2.45 bits per heavy atom. The Kier molecular flexibility index (Phi) is 7.79. The summed E-state index contributed by atoms with van der Waals surface area (Å²) in [5.74, 6) is 2.44. The second kappa shape index (κ2) is 12.4. The van der Waals surface area contributed by atoms with Crippen LogP contribution in [0.3, 0.4) is 0 Å². The maximum atomic E-state index is 13.8. The van der Waals surface area contributed by atoms with Crippen LogP contribution in [0.5, 0.6) is 5.75 Å². The van der Waals surface area contributed by atoms with E-state index < -0.39 is 0 Å². The van der Waals surface area contributed by atoms with Gasteiger partial charge in [0.15, 0.2) is 5.82 Å². The molecule has 2 saturated carbocycles. The summed E-state index contributed by atoms with van der Waals surface area (Å²) in [4.78, 5) is 35.9. The number of hydrogen-bond donors (Lipinski definition) is 2. The third kappa shape index (κ3) is 5.53. The van der Waals surface area contributed by atoms with E-state index in [9.17, 15) is 14.0 Å². The number of hydrogen-bond acceptors (Lipinski definition) is 5. The number of piperidine rings is 2. The van der Waals surface area contributed by atoms with Crippen molar-refractivity contribution in [2.75, 3.05) is 32.1 Å². The molecule has 2 saturated heterocycles. The molecule has 4 heterocycles. The average molecular weight is 690 g/mol. The first-order chi connectivity index (χ1) is 24.8. The predicted octanol–water partition coefficient (Wildman–Crippen LogP) is 6.73. The van der Waals surface area contributed by atoms with Gasteiger partial charge in [0.2, 0.25) is 0 Å². The Hall–Kier alpha value is -4.90. The third-order valence-electron chi connectivity index (χ3n) is 12.0. The van der Waals surface area contributed by atoms with E-state index in [-0.39, 0.29) is 29.8 Å². The lowest BCUT2D eigenvalue weighted by Crippen LogP contribution is -2.41. The second-order valence-electron chi connectivity index (χ2n) is 15.0. The lowest BCUT2D eigenvalue weighted by molar-refractivity contribution is 0.0700. The van der Waals surface area contributed by atoms with Crippen LogP contribution in [0.4, 0.5) is 14.9 Å². The highest BCUT2D eigenvalue weighted by molar-refractivity contribution is 6.01. The van der Waals surface area contributed by atoms with Crippen molar-refractivity contribution >= 4 is 39.6 Å². The lowest BCUT2D eigenvalue weighted by Gasteiger charge is -2.32. The Bertz CT molecular complexity index is 2160. The molecular formula is C40H44FN7O3. The number of nitrogens with two attached hydrogens (primary N) is 1. The molecule has 5 aromatic rings. The standard InChI is InChI=1S/C40H44FN7O3/c1-45-37-31(18-27(20-34(37)51-2)39(49)48-22-26-8-13-32(48)35(26)42)44-38(45)33-19-25-4-3-5-30(36(25)47(33)21-23-6-7-23)24-14-16-46(17-15-24)40(50)43-29-11-9-28(41)10-12-29/h3-5,9-12,18-20,23-24,26,32,35H,6-8,13-17,21-22,42H2,1-2H3,(H,43,50)/t26?,32?,35-/m1/s1. The fourth-order valence-electron chi connectivity index (χ4n) is 9.01. The molecule has 0 spiro atoms. The van der Waals surface area contributed by atoms with Crippen LogP contribution in [0.25, 0.3) is 33.5 Å². The van der Waals surface area contributed by atoms with Gasteiger partial charge in [-0.05, 0) is 104 Å². The maximum absolute atomic E-state index is 13.8. The topological polar surface area (TPSA) is 111 Å². The molecule has 3 aromatic carbocycles. The molecule has 264 valence electrons. The Balaban J connectivity index is 1.04. The van der Waals surface area contributed by atoms with Crippen molar-refractivity contribution in [2.45, 2.75) is 63.1 Å². The Morgan fingerprint density at radius 2 is 1.76 bits per heavy atom. The highest BCUT2D eigenvalue weighted by Crippen LogP contribution is 2.42. The number of benzene rings is 3. The van der Waals surface area contributed by atoms with Crippen LogP contribution in [0, 0.1) is 17.7 Å². The summed E-state index contributed by atoms with van der Waals surface area (Å²) in [7, 11) is 3.68. The van der Waals surface area contributed by atoms with Gasteiger partial charge in [0.25, 0.3) is 5.91 Å². The lowest BCUT2D eigenvalue weighted by atomic mass is 9.88. The summed E-state index contributed by atoms with van der Waals surface area (Å²) in [5.41, 5.74) is 12.8. The molecule has 3 amide bonds. The van der Waals surface area contributed by atoms with Crippen molar-refractivity contribution in [3.63, 3.8) is 0 Å². The van der Waals surface area contributed by atoms with E-state index in [4.69, 9.17) is 15.5 Å². The van der Waals surface area contributed by atoms with Crippen LogP contribution >= 0.6 is 0 Å². The van der Waals surface area contributed by atoms with Gasteiger partial charge in [-0.1, -0.05) is 18.2 Å². The summed E-state index contributed by atoms with van der Waals surface area (Å²) in [6, 6.07) is 18.5. The minimum atomic E-state index is -0.329. The molecule has 2 aliphatic heterocycles. The first kappa shape index (κ1) is 32.0. The molecule has 9 rings (SSSR count). The number of carbonyl (C=O) groups excluding carboxylic acids is 2. The van der Waals surface area contributed by atoms with E-state index in [2.05, 4.69) is 38.7 Å². The first-order valence-electron chi connectivity index (χ1n) is 18.3. The number of anilines is 1. The number of imidazole rings is 1. The van der Waals surface area contributed by atoms with Crippen molar-refractivity contribution in [1.82, 2.24) is 23.9 Å². The largest absolute Gasteiger partial charge is 0.494 e. The smallest absolute Gasteiger partial charge is 0.321 e. The molecule has 2 aromatic heterocycles. The number of aromatic nitrogens is 3. The normalized spacial score (nSPS) is 22.0. The van der Waals surface area contributed by atoms with E-state index in [1.807, 2.05) is 29.0 Å². The molecule has 2 bridgehead atoms. The number of likely N-dealkylation sites (tertiary alicyclic amines) is 2. The fourth-order valence-corrected chi connectivity index (χ4v) is 9.01. The number of halogens is 1. The highest BCUT2D eigenvalue weighted by Gasteiger charge is 2.47. The van der Waals surface area contributed by atoms with Crippen LogP contribution < -0.4 is 15.8 Å². The van der Waals surface area contributed by atoms with Gasteiger partial charge in [-0.3, -0.25) is 4.79 Å². The van der Waals surface area contributed by atoms with Gasteiger partial charge < -0.3 is 34.7 Å². The number of aryl methyl sites for hydroxylation is 1.